The van der Waals surface area contributed by atoms with Gasteiger partial charge in [-0.05, 0) is 45.2 Å². The highest BCUT2D eigenvalue weighted by atomic mass is 16.2. The van der Waals surface area contributed by atoms with Gasteiger partial charge in [-0.3, -0.25) is 4.68 Å². The second-order valence-corrected chi connectivity index (χ2v) is 6.54. The van der Waals surface area contributed by atoms with Crippen LogP contribution in [0.1, 0.15) is 43.6 Å². The first kappa shape index (κ1) is 17.8. The average Bonchev–Trinajstić information content (AvgIpc) is 2.85. The third kappa shape index (κ3) is 4.70. The van der Waals surface area contributed by atoms with Crippen LogP contribution in [0.2, 0.25) is 0 Å². The molecule has 2 amide bonds. The smallest absolute Gasteiger partial charge is 0.315 e. The normalized spacial score (nSPS) is 18.9. The highest BCUT2D eigenvalue weighted by molar-refractivity contribution is 5.73. The summed E-state index contributed by atoms with van der Waals surface area (Å²) in [6.07, 6.45) is 4.24. The van der Waals surface area contributed by atoms with E-state index in [9.17, 15) is 4.79 Å². The minimum absolute atomic E-state index is 0.0776. The molecule has 1 saturated heterocycles. The molecule has 2 N–H and O–H groups in total. The van der Waals surface area contributed by atoms with Gasteiger partial charge in [-0.2, -0.15) is 5.10 Å². The molecule has 130 valence electrons. The Hall–Kier alpha value is -1.56. The molecule has 0 bridgehead atoms. The first-order valence-electron chi connectivity index (χ1n) is 8.78. The van der Waals surface area contributed by atoms with Gasteiger partial charge in [0.05, 0.1) is 5.69 Å². The number of aromatic nitrogens is 2. The quantitative estimate of drug-likeness (QED) is 0.838. The third-order valence-electron chi connectivity index (χ3n) is 4.73. The van der Waals surface area contributed by atoms with Crippen molar-refractivity contribution in [2.45, 2.75) is 46.1 Å². The maximum atomic E-state index is 12.1. The zero-order chi connectivity index (χ0) is 16.8. The Morgan fingerprint density at radius 3 is 2.70 bits per heavy atom. The fourth-order valence-corrected chi connectivity index (χ4v) is 3.50. The summed E-state index contributed by atoms with van der Waals surface area (Å²) in [7, 11) is 4.12. The molecule has 0 aromatic carbocycles. The van der Waals surface area contributed by atoms with Crippen LogP contribution in [-0.2, 0) is 26.4 Å². The van der Waals surface area contributed by atoms with Crippen LogP contribution >= 0.6 is 0 Å². The minimum Gasteiger partial charge on any atom is -0.338 e. The summed E-state index contributed by atoms with van der Waals surface area (Å²) in [6, 6.07) is -0.0776. The van der Waals surface area contributed by atoms with E-state index in [1.54, 1.807) is 0 Å². The highest BCUT2D eigenvalue weighted by Gasteiger charge is 2.18. The van der Waals surface area contributed by atoms with Crippen molar-refractivity contribution >= 4 is 6.03 Å². The van der Waals surface area contributed by atoms with Gasteiger partial charge in [-0.15, -0.1) is 0 Å². The molecule has 23 heavy (non-hydrogen) atoms. The van der Waals surface area contributed by atoms with Gasteiger partial charge in [0.25, 0.3) is 0 Å². The lowest BCUT2D eigenvalue weighted by Crippen LogP contribution is -2.42. The first-order chi connectivity index (χ1) is 11.0. The molecule has 6 nitrogen and oxygen atoms in total. The molecule has 1 atom stereocenters. The Kier molecular flexibility index (Phi) is 6.45. The lowest BCUT2D eigenvalue weighted by Gasteiger charge is -2.29. The second kappa shape index (κ2) is 8.34. The summed E-state index contributed by atoms with van der Waals surface area (Å²) >= 11 is 0. The van der Waals surface area contributed by atoms with Crippen molar-refractivity contribution in [1.82, 2.24) is 25.3 Å². The lowest BCUT2D eigenvalue weighted by molar-refractivity contribution is 0.202. The zero-order valence-corrected chi connectivity index (χ0v) is 15.0. The molecule has 1 aromatic heterocycles. The lowest BCUT2D eigenvalue weighted by atomic mass is 9.99. The molecular weight excluding hydrogens is 290 g/mol. The number of aryl methyl sites for hydroxylation is 2. The van der Waals surface area contributed by atoms with Crippen LogP contribution in [0.15, 0.2) is 0 Å². The number of carbonyl (C=O) groups is 1. The van der Waals surface area contributed by atoms with Crippen molar-refractivity contribution in [3.8, 4) is 0 Å². The molecule has 1 aliphatic heterocycles. The number of piperidine rings is 1. The number of rotatable bonds is 6. The monoisotopic (exact) mass is 321 g/mol. The fourth-order valence-electron chi connectivity index (χ4n) is 3.50. The molecule has 0 radical (unpaired) electrons. The SMILES string of the molecule is CCc1nn(C)c(CC)c1CNC(=O)NC[C@H]1CCCN(C)C1. The number of nitrogens with one attached hydrogen (secondary N) is 2. The molecule has 6 heteroatoms. The summed E-state index contributed by atoms with van der Waals surface area (Å²) in [6.45, 7) is 7.78. The fraction of sp³-hybridized carbons (Fsp3) is 0.765. The summed E-state index contributed by atoms with van der Waals surface area (Å²) in [4.78, 5) is 14.4. The highest BCUT2D eigenvalue weighted by Crippen LogP contribution is 2.15. The standard InChI is InChI=1S/C17H31N5O/c1-5-15-14(16(6-2)22(4)20-15)11-19-17(23)18-10-13-8-7-9-21(3)12-13/h13H,5-12H2,1-4H3,(H2,18,19,23)/t13-/m1/s1. The Morgan fingerprint density at radius 2 is 2.04 bits per heavy atom. The van der Waals surface area contributed by atoms with Gasteiger partial charge >= 0.3 is 6.03 Å². The average molecular weight is 321 g/mol. The number of nitrogens with zero attached hydrogens (tertiary/aromatic N) is 3. The van der Waals surface area contributed by atoms with Gasteiger partial charge in [0.1, 0.15) is 0 Å². The van der Waals surface area contributed by atoms with E-state index >= 15 is 0 Å². The third-order valence-corrected chi connectivity index (χ3v) is 4.73. The number of likely N-dealkylation sites (tertiary alicyclic amines) is 1. The maximum absolute atomic E-state index is 12.1. The van der Waals surface area contributed by atoms with Crippen molar-refractivity contribution in [1.29, 1.82) is 0 Å². The number of hydrogen-bond acceptors (Lipinski definition) is 3. The molecule has 2 rings (SSSR count). The van der Waals surface area contributed by atoms with Gasteiger partial charge < -0.3 is 15.5 Å². The van der Waals surface area contributed by atoms with Gasteiger partial charge in [0.2, 0.25) is 0 Å². The molecule has 1 aliphatic rings. The summed E-state index contributed by atoms with van der Waals surface area (Å²) in [5.41, 5.74) is 3.46. The molecule has 0 aliphatic carbocycles. The summed E-state index contributed by atoms with van der Waals surface area (Å²) in [5, 5.41) is 10.6. The molecule has 1 aromatic rings. The van der Waals surface area contributed by atoms with Crippen LogP contribution in [0.4, 0.5) is 4.79 Å². The van der Waals surface area contributed by atoms with E-state index in [2.05, 4.69) is 41.5 Å². The van der Waals surface area contributed by atoms with E-state index in [0.717, 1.165) is 31.6 Å². The molecule has 2 heterocycles. The summed E-state index contributed by atoms with van der Waals surface area (Å²) in [5.74, 6) is 0.565. The minimum atomic E-state index is -0.0776. The van der Waals surface area contributed by atoms with Gasteiger partial charge in [-0.1, -0.05) is 13.8 Å². The number of amides is 2. The van der Waals surface area contributed by atoms with Crippen molar-refractivity contribution in [2.75, 3.05) is 26.7 Å². The molecular formula is C17H31N5O. The largest absolute Gasteiger partial charge is 0.338 e. The molecule has 1 fully saturated rings. The van der Waals surface area contributed by atoms with Gasteiger partial charge in [0, 0.05) is 37.9 Å². The molecule has 0 unspecified atom stereocenters. The zero-order valence-electron chi connectivity index (χ0n) is 15.0. The molecule has 0 saturated carbocycles. The van der Waals surface area contributed by atoms with E-state index < -0.39 is 0 Å². The van der Waals surface area contributed by atoms with Gasteiger partial charge in [-0.25, -0.2) is 4.79 Å². The number of hydrogen-bond donors (Lipinski definition) is 2. The van der Waals surface area contributed by atoms with Crippen LogP contribution in [-0.4, -0.2) is 47.4 Å². The van der Waals surface area contributed by atoms with Crippen LogP contribution < -0.4 is 10.6 Å². The maximum Gasteiger partial charge on any atom is 0.315 e. The Morgan fingerprint density at radius 1 is 1.26 bits per heavy atom. The van der Waals surface area contributed by atoms with Gasteiger partial charge in [0.15, 0.2) is 0 Å². The van der Waals surface area contributed by atoms with E-state index in [0.29, 0.717) is 12.5 Å². The van der Waals surface area contributed by atoms with Crippen molar-refractivity contribution < 1.29 is 4.79 Å². The second-order valence-electron chi connectivity index (χ2n) is 6.54. The van der Waals surface area contributed by atoms with E-state index in [4.69, 9.17) is 0 Å². The van der Waals surface area contributed by atoms with Crippen LogP contribution in [0.5, 0.6) is 0 Å². The number of carbonyl (C=O) groups excluding carboxylic acids is 1. The molecule has 0 spiro atoms. The first-order valence-corrected chi connectivity index (χ1v) is 8.78. The van der Waals surface area contributed by atoms with E-state index in [1.807, 2.05) is 11.7 Å². The Balaban J connectivity index is 1.82. The predicted molar refractivity (Wildman–Crippen MR) is 92.4 cm³/mol. The van der Waals surface area contributed by atoms with Crippen LogP contribution in [0.3, 0.4) is 0 Å². The van der Waals surface area contributed by atoms with Crippen LogP contribution in [0.25, 0.3) is 0 Å². The summed E-state index contributed by atoms with van der Waals surface area (Å²) < 4.78 is 1.94. The van der Waals surface area contributed by atoms with Crippen molar-refractivity contribution in [2.24, 2.45) is 13.0 Å². The van der Waals surface area contributed by atoms with Crippen molar-refractivity contribution in [3.63, 3.8) is 0 Å². The van der Waals surface area contributed by atoms with E-state index in [-0.39, 0.29) is 6.03 Å². The van der Waals surface area contributed by atoms with Crippen LogP contribution in [0, 0.1) is 5.92 Å². The predicted octanol–water partition coefficient (Wildman–Crippen LogP) is 1.69. The van der Waals surface area contributed by atoms with Crippen molar-refractivity contribution in [3.05, 3.63) is 17.0 Å². The Labute approximate surface area is 139 Å². The Bertz CT molecular complexity index is 525. The van der Waals surface area contributed by atoms with E-state index in [1.165, 1.54) is 30.6 Å². The number of urea groups is 1. The topological polar surface area (TPSA) is 62.2 Å².